The van der Waals surface area contributed by atoms with Gasteiger partial charge >= 0.3 is 0 Å². The van der Waals surface area contributed by atoms with Gasteiger partial charge < -0.3 is 4.90 Å². The Kier molecular flexibility index (Phi) is 5.34. The Labute approximate surface area is 96.9 Å². The van der Waals surface area contributed by atoms with Gasteiger partial charge in [0, 0.05) is 18.8 Å². The van der Waals surface area contributed by atoms with Gasteiger partial charge in [0.1, 0.15) is 5.82 Å². The number of benzene rings is 1. The van der Waals surface area contributed by atoms with Crippen LogP contribution in [0.3, 0.4) is 0 Å². The number of allylic oxidation sites excluding steroid dienone is 2. The lowest BCUT2D eigenvalue weighted by Crippen LogP contribution is -2.23. The zero-order valence-corrected chi connectivity index (χ0v) is 9.86. The first kappa shape index (κ1) is 12.5. The maximum absolute atomic E-state index is 12.8. The molecule has 0 amide bonds. The number of anilines is 1. The maximum Gasteiger partial charge on any atom is 0.123 e. The van der Waals surface area contributed by atoms with Gasteiger partial charge in [0.15, 0.2) is 0 Å². The molecule has 1 aromatic rings. The number of hydrogen-bond donors (Lipinski definition) is 0. The molecule has 0 aliphatic carbocycles. The summed E-state index contributed by atoms with van der Waals surface area (Å²) in [5.41, 5.74) is 1.04. The Bertz CT molecular complexity index is 338. The molecule has 0 atom stereocenters. The van der Waals surface area contributed by atoms with Gasteiger partial charge in [-0.1, -0.05) is 24.3 Å². The minimum Gasteiger partial charge on any atom is -0.364 e. The molecule has 0 spiro atoms. The average Bonchev–Trinajstić information content (AvgIpc) is 2.31. The third kappa shape index (κ3) is 3.89. The van der Waals surface area contributed by atoms with Crippen molar-refractivity contribution in [2.24, 2.45) is 0 Å². The van der Waals surface area contributed by atoms with E-state index in [4.69, 9.17) is 0 Å². The second-order valence-electron chi connectivity index (χ2n) is 3.52. The highest BCUT2D eigenvalue weighted by Crippen LogP contribution is 2.14. The van der Waals surface area contributed by atoms with Crippen molar-refractivity contribution < 1.29 is 4.39 Å². The summed E-state index contributed by atoms with van der Waals surface area (Å²) in [6, 6.07) is 6.60. The fourth-order valence-electron chi connectivity index (χ4n) is 1.40. The average molecular weight is 219 g/mol. The fourth-order valence-corrected chi connectivity index (χ4v) is 1.40. The van der Waals surface area contributed by atoms with E-state index in [0.29, 0.717) is 0 Å². The summed E-state index contributed by atoms with van der Waals surface area (Å²) in [5.74, 6) is -0.194. The summed E-state index contributed by atoms with van der Waals surface area (Å²) in [6.45, 7) is 5.68. The van der Waals surface area contributed by atoms with Gasteiger partial charge in [-0.2, -0.15) is 0 Å². The van der Waals surface area contributed by atoms with Crippen LogP contribution in [0.2, 0.25) is 0 Å². The molecule has 1 rings (SSSR count). The smallest absolute Gasteiger partial charge is 0.123 e. The van der Waals surface area contributed by atoms with Gasteiger partial charge in [0.2, 0.25) is 0 Å². The van der Waals surface area contributed by atoms with E-state index in [1.54, 1.807) is 0 Å². The molecule has 1 nitrogen and oxygen atoms in total. The van der Waals surface area contributed by atoms with E-state index in [-0.39, 0.29) is 5.82 Å². The van der Waals surface area contributed by atoms with Crippen LogP contribution in [-0.2, 0) is 0 Å². The molecule has 0 saturated heterocycles. The summed E-state index contributed by atoms with van der Waals surface area (Å²) in [4.78, 5) is 2.18. The normalized spacial score (nSPS) is 11.4. The number of rotatable bonds is 5. The van der Waals surface area contributed by atoms with Gasteiger partial charge in [-0.3, -0.25) is 0 Å². The molecular formula is C14H18FN. The first-order valence-corrected chi connectivity index (χ1v) is 5.50. The monoisotopic (exact) mass is 219 g/mol. The van der Waals surface area contributed by atoms with Crippen LogP contribution in [0.15, 0.2) is 48.6 Å². The largest absolute Gasteiger partial charge is 0.364 e. The van der Waals surface area contributed by atoms with Crippen molar-refractivity contribution in [3.05, 3.63) is 54.4 Å². The molecular weight excluding hydrogens is 201 g/mol. The minimum absolute atomic E-state index is 0.194. The van der Waals surface area contributed by atoms with E-state index >= 15 is 0 Å². The molecule has 0 aliphatic heterocycles. The number of nitrogens with zero attached hydrogens (tertiary/aromatic N) is 1. The Morgan fingerprint density at radius 3 is 1.94 bits per heavy atom. The van der Waals surface area contributed by atoms with Gasteiger partial charge in [-0.25, -0.2) is 4.39 Å². The summed E-state index contributed by atoms with van der Waals surface area (Å²) in [5, 5.41) is 0. The van der Waals surface area contributed by atoms with Gasteiger partial charge in [0.25, 0.3) is 0 Å². The highest BCUT2D eigenvalue weighted by atomic mass is 19.1. The van der Waals surface area contributed by atoms with Crippen molar-refractivity contribution in [1.82, 2.24) is 0 Å². The van der Waals surface area contributed by atoms with Crippen LogP contribution in [-0.4, -0.2) is 13.1 Å². The lowest BCUT2D eigenvalue weighted by molar-refractivity contribution is 0.627. The van der Waals surface area contributed by atoms with E-state index in [0.717, 1.165) is 18.8 Å². The Morgan fingerprint density at radius 2 is 1.50 bits per heavy atom. The van der Waals surface area contributed by atoms with Gasteiger partial charge in [-0.05, 0) is 38.1 Å². The standard InChI is InChI=1S/C14H18FN/c1-3-5-11-16(12-6-4-2)14-9-7-13(15)8-10-14/h3-10H,11-12H2,1-2H3/b5-3+,6-4+. The second-order valence-corrected chi connectivity index (χ2v) is 3.52. The molecule has 0 unspecified atom stereocenters. The van der Waals surface area contributed by atoms with Crippen molar-refractivity contribution in [3.8, 4) is 0 Å². The SMILES string of the molecule is C/C=C/CN(C/C=C/C)c1ccc(F)cc1. The molecule has 0 bridgehead atoms. The van der Waals surface area contributed by atoms with Crippen molar-refractivity contribution >= 4 is 5.69 Å². The van der Waals surface area contributed by atoms with E-state index in [9.17, 15) is 4.39 Å². The molecule has 0 heterocycles. The highest BCUT2D eigenvalue weighted by Gasteiger charge is 2.02. The van der Waals surface area contributed by atoms with Gasteiger partial charge in [0.05, 0.1) is 0 Å². The second kappa shape index (κ2) is 6.83. The molecule has 2 heteroatoms. The number of hydrogen-bond acceptors (Lipinski definition) is 1. The van der Waals surface area contributed by atoms with Crippen LogP contribution in [0.1, 0.15) is 13.8 Å². The van der Waals surface area contributed by atoms with Crippen LogP contribution < -0.4 is 4.90 Å². The summed E-state index contributed by atoms with van der Waals surface area (Å²) in [7, 11) is 0. The molecule has 0 radical (unpaired) electrons. The first-order chi connectivity index (χ1) is 7.77. The minimum atomic E-state index is -0.194. The zero-order valence-electron chi connectivity index (χ0n) is 9.86. The Hall–Kier alpha value is -1.57. The molecule has 86 valence electrons. The van der Waals surface area contributed by atoms with Crippen molar-refractivity contribution in [3.63, 3.8) is 0 Å². The molecule has 1 aromatic carbocycles. The fraction of sp³-hybridized carbons (Fsp3) is 0.286. The van der Waals surface area contributed by atoms with E-state index in [2.05, 4.69) is 17.1 Å². The van der Waals surface area contributed by atoms with Crippen LogP contribution in [0.25, 0.3) is 0 Å². The van der Waals surface area contributed by atoms with Crippen LogP contribution in [0.5, 0.6) is 0 Å². The molecule has 0 N–H and O–H groups in total. The lowest BCUT2D eigenvalue weighted by Gasteiger charge is -2.21. The Morgan fingerprint density at radius 1 is 1.00 bits per heavy atom. The third-order valence-electron chi connectivity index (χ3n) is 2.31. The van der Waals surface area contributed by atoms with Crippen LogP contribution >= 0.6 is 0 Å². The van der Waals surface area contributed by atoms with E-state index in [1.807, 2.05) is 38.1 Å². The van der Waals surface area contributed by atoms with Crippen molar-refractivity contribution in [2.45, 2.75) is 13.8 Å². The molecule has 0 saturated carbocycles. The topological polar surface area (TPSA) is 3.24 Å². The van der Waals surface area contributed by atoms with Crippen LogP contribution in [0.4, 0.5) is 10.1 Å². The number of halogens is 1. The van der Waals surface area contributed by atoms with Crippen molar-refractivity contribution in [1.29, 1.82) is 0 Å². The predicted molar refractivity (Wildman–Crippen MR) is 68.2 cm³/mol. The first-order valence-electron chi connectivity index (χ1n) is 5.50. The van der Waals surface area contributed by atoms with Crippen LogP contribution in [0, 0.1) is 5.82 Å². The quantitative estimate of drug-likeness (QED) is 0.681. The molecule has 16 heavy (non-hydrogen) atoms. The highest BCUT2D eigenvalue weighted by molar-refractivity contribution is 5.47. The lowest BCUT2D eigenvalue weighted by atomic mass is 10.2. The summed E-state index contributed by atoms with van der Waals surface area (Å²) in [6.07, 6.45) is 8.22. The summed E-state index contributed by atoms with van der Waals surface area (Å²) >= 11 is 0. The Balaban J connectivity index is 2.77. The zero-order chi connectivity index (χ0) is 11.8. The molecule has 0 aliphatic rings. The summed E-state index contributed by atoms with van der Waals surface area (Å²) < 4.78 is 12.8. The third-order valence-corrected chi connectivity index (χ3v) is 2.31. The van der Waals surface area contributed by atoms with E-state index in [1.165, 1.54) is 12.1 Å². The van der Waals surface area contributed by atoms with Gasteiger partial charge in [-0.15, -0.1) is 0 Å². The predicted octanol–water partition coefficient (Wildman–Crippen LogP) is 3.78. The maximum atomic E-state index is 12.8. The van der Waals surface area contributed by atoms with E-state index < -0.39 is 0 Å². The van der Waals surface area contributed by atoms with Crippen molar-refractivity contribution in [2.75, 3.05) is 18.0 Å². The molecule has 0 fully saturated rings. The molecule has 0 aromatic heterocycles.